The number of carbonyl (C=O) groups excluding carboxylic acids is 1. The van der Waals surface area contributed by atoms with Crippen LogP contribution in [0, 0.1) is 0 Å². The van der Waals surface area contributed by atoms with Crippen LogP contribution in [0.2, 0.25) is 0 Å². The van der Waals surface area contributed by atoms with Crippen LogP contribution in [-0.2, 0) is 4.74 Å². The van der Waals surface area contributed by atoms with Gasteiger partial charge in [0.25, 0.3) is 0 Å². The third kappa shape index (κ3) is 5.39. The number of hydrogen-bond acceptors (Lipinski definition) is 4. The molecule has 0 aromatic carbocycles. The average Bonchev–Trinajstić information content (AvgIpc) is 2.36. The zero-order valence-electron chi connectivity index (χ0n) is 13.4. The van der Waals surface area contributed by atoms with Crippen molar-refractivity contribution in [3.63, 3.8) is 0 Å². The summed E-state index contributed by atoms with van der Waals surface area (Å²) in [5.74, 6) is 0. The second-order valence-corrected chi connectivity index (χ2v) is 6.38. The van der Waals surface area contributed by atoms with Crippen LogP contribution in [0.5, 0.6) is 0 Å². The van der Waals surface area contributed by atoms with Crippen LogP contribution in [0.4, 0.5) is 4.79 Å². The molecule has 1 heterocycles. The summed E-state index contributed by atoms with van der Waals surface area (Å²) in [6.07, 6.45) is 4.03. The lowest BCUT2D eigenvalue weighted by atomic mass is 10.0. The van der Waals surface area contributed by atoms with Crippen molar-refractivity contribution < 1.29 is 9.53 Å². The molecule has 1 amide bonds. The van der Waals surface area contributed by atoms with Crippen molar-refractivity contribution in [3.8, 4) is 0 Å². The number of amides is 1. The maximum Gasteiger partial charge on any atom is 0.410 e. The molecule has 0 bridgehead atoms. The molecule has 1 aliphatic rings. The van der Waals surface area contributed by atoms with E-state index in [0.29, 0.717) is 0 Å². The first-order chi connectivity index (χ1) is 9.37. The van der Waals surface area contributed by atoms with Gasteiger partial charge >= 0.3 is 6.09 Å². The molecule has 1 fully saturated rings. The summed E-state index contributed by atoms with van der Waals surface area (Å²) in [5.41, 5.74) is -0.446. The number of likely N-dealkylation sites (tertiary alicyclic amines) is 1. The van der Waals surface area contributed by atoms with Crippen molar-refractivity contribution >= 4 is 12.8 Å². The molecule has 5 heteroatoms. The van der Waals surface area contributed by atoms with Gasteiger partial charge in [-0.05, 0) is 46.5 Å². The highest BCUT2D eigenvalue weighted by Crippen LogP contribution is 2.21. The van der Waals surface area contributed by atoms with Gasteiger partial charge in [-0.25, -0.2) is 4.79 Å². The predicted octanol–water partition coefficient (Wildman–Crippen LogP) is 3.10. The lowest BCUT2D eigenvalue weighted by molar-refractivity contribution is 0.00523. The van der Waals surface area contributed by atoms with E-state index < -0.39 is 5.60 Å². The summed E-state index contributed by atoms with van der Waals surface area (Å²) < 4.78 is 5.50. The van der Waals surface area contributed by atoms with Crippen LogP contribution in [0.1, 0.15) is 53.4 Å². The standard InChI is InChI=1S/C15H29N3O2/c1-6-10-17(16-5)12-13-9-7-8-11-18(13)14(19)20-15(2,3)4/h13H,5-12H2,1-4H3/t13-/m0/s1. The van der Waals surface area contributed by atoms with Gasteiger partial charge in [0.05, 0.1) is 12.6 Å². The molecule has 0 saturated carbocycles. The van der Waals surface area contributed by atoms with E-state index in [9.17, 15) is 4.79 Å². The van der Waals surface area contributed by atoms with E-state index in [1.807, 2.05) is 30.7 Å². The molecule has 0 aromatic heterocycles. The van der Waals surface area contributed by atoms with Crippen molar-refractivity contribution in [2.45, 2.75) is 65.0 Å². The fourth-order valence-electron chi connectivity index (χ4n) is 2.47. The lowest BCUT2D eigenvalue weighted by Crippen LogP contribution is -2.50. The smallest absolute Gasteiger partial charge is 0.410 e. The van der Waals surface area contributed by atoms with Crippen molar-refractivity contribution in [1.29, 1.82) is 0 Å². The van der Waals surface area contributed by atoms with Gasteiger partial charge in [-0.1, -0.05) is 6.92 Å². The molecule has 0 aromatic rings. The second-order valence-electron chi connectivity index (χ2n) is 6.38. The van der Waals surface area contributed by atoms with Gasteiger partial charge in [-0.15, -0.1) is 0 Å². The Kier molecular flexibility index (Phi) is 6.30. The Morgan fingerprint density at radius 1 is 1.45 bits per heavy atom. The third-order valence-electron chi connectivity index (χ3n) is 3.36. The lowest BCUT2D eigenvalue weighted by Gasteiger charge is -2.38. The molecular formula is C15H29N3O2. The van der Waals surface area contributed by atoms with E-state index in [-0.39, 0.29) is 12.1 Å². The van der Waals surface area contributed by atoms with Gasteiger partial charge in [0, 0.05) is 19.8 Å². The number of hydrogen-bond donors (Lipinski definition) is 0. The van der Waals surface area contributed by atoms with Gasteiger partial charge in [0.1, 0.15) is 5.60 Å². The van der Waals surface area contributed by atoms with Crippen molar-refractivity contribution in [3.05, 3.63) is 0 Å². The van der Waals surface area contributed by atoms with Crippen molar-refractivity contribution in [2.24, 2.45) is 5.10 Å². The van der Waals surface area contributed by atoms with E-state index >= 15 is 0 Å². The Bertz CT molecular complexity index is 326. The molecule has 1 saturated heterocycles. The third-order valence-corrected chi connectivity index (χ3v) is 3.36. The van der Waals surface area contributed by atoms with Gasteiger partial charge in [0.15, 0.2) is 0 Å². The van der Waals surface area contributed by atoms with E-state index in [0.717, 1.165) is 45.3 Å². The number of piperidine rings is 1. The summed E-state index contributed by atoms with van der Waals surface area (Å²) in [6.45, 7) is 13.8. The van der Waals surface area contributed by atoms with Crippen LogP contribution in [0.25, 0.3) is 0 Å². The number of nitrogens with zero attached hydrogens (tertiary/aromatic N) is 3. The van der Waals surface area contributed by atoms with Gasteiger partial charge in [0.2, 0.25) is 0 Å². The van der Waals surface area contributed by atoms with Crippen LogP contribution in [0.15, 0.2) is 5.10 Å². The van der Waals surface area contributed by atoms with Crippen molar-refractivity contribution in [1.82, 2.24) is 9.91 Å². The number of rotatable bonds is 5. The first-order valence-electron chi connectivity index (χ1n) is 7.58. The first-order valence-corrected chi connectivity index (χ1v) is 7.58. The fourth-order valence-corrected chi connectivity index (χ4v) is 2.47. The minimum Gasteiger partial charge on any atom is -0.444 e. The summed E-state index contributed by atoms with van der Waals surface area (Å²) in [5, 5.41) is 6.00. The Hall–Kier alpha value is -1.26. The number of hydrazone groups is 1. The fraction of sp³-hybridized carbons (Fsp3) is 0.867. The summed E-state index contributed by atoms with van der Waals surface area (Å²) >= 11 is 0. The van der Waals surface area contributed by atoms with E-state index in [2.05, 4.69) is 18.7 Å². The average molecular weight is 283 g/mol. The summed E-state index contributed by atoms with van der Waals surface area (Å²) in [7, 11) is 0. The molecular weight excluding hydrogens is 254 g/mol. The van der Waals surface area contributed by atoms with Crippen molar-refractivity contribution in [2.75, 3.05) is 19.6 Å². The van der Waals surface area contributed by atoms with E-state index in [4.69, 9.17) is 4.74 Å². The minimum absolute atomic E-state index is 0.177. The molecule has 0 N–H and O–H groups in total. The van der Waals surface area contributed by atoms with Gasteiger partial charge < -0.3 is 9.64 Å². The SMILES string of the molecule is C=NN(CCC)C[C@@H]1CCCCN1C(=O)OC(C)(C)C. The molecule has 20 heavy (non-hydrogen) atoms. The molecule has 0 radical (unpaired) electrons. The van der Waals surface area contributed by atoms with E-state index in [1.165, 1.54) is 0 Å². The number of ether oxygens (including phenoxy) is 1. The molecule has 1 atom stereocenters. The zero-order valence-corrected chi connectivity index (χ0v) is 13.4. The van der Waals surface area contributed by atoms with Crippen LogP contribution in [0.3, 0.4) is 0 Å². The minimum atomic E-state index is -0.446. The molecule has 5 nitrogen and oxygen atoms in total. The quantitative estimate of drug-likeness (QED) is 0.575. The molecule has 1 rings (SSSR count). The highest BCUT2D eigenvalue weighted by molar-refractivity contribution is 5.68. The highest BCUT2D eigenvalue weighted by atomic mass is 16.6. The van der Waals surface area contributed by atoms with E-state index in [1.54, 1.807) is 0 Å². The zero-order chi connectivity index (χ0) is 15.2. The monoisotopic (exact) mass is 283 g/mol. The maximum atomic E-state index is 12.3. The Labute approximate surface area is 123 Å². The van der Waals surface area contributed by atoms with Crippen LogP contribution < -0.4 is 0 Å². The Morgan fingerprint density at radius 2 is 2.15 bits per heavy atom. The maximum absolute atomic E-state index is 12.3. The Balaban J connectivity index is 2.66. The Morgan fingerprint density at radius 3 is 2.70 bits per heavy atom. The van der Waals surface area contributed by atoms with Crippen LogP contribution in [-0.4, -0.2) is 54.0 Å². The second kappa shape index (κ2) is 7.50. The van der Waals surface area contributed by atoms with Gasteiger partial charge in [-0.3, -0.25) is 5.01 Å². The number of carbonyl (C=O) groups is 1. The normalized spacial score (nSPS) is 19.6. The molecule has 1 aliphatic heterocycles. The molecule has 0 spiro atoms. The predicted molar refractivity (Wildman–Crippen MR) is 82.0 cm³/mol. The molecule has 0 aliphatic carbocycles. The summed E-state index contributed by atoms with van der Waals surface area (Å²) in [4.78, 5) is 14.2. The molecule has 0 unspecified atom stereocenters. The largest absolute Gasteiger partial charge is 0.444 e. The first kappa shape index (κ1) is 16.8. The van der Waals surface area contributed by atoms with Gasteiger partial charge in [-0.2, -0.15) is 5.10 Å². The van der Waals surface area contributed by atoms with Crippen LogP contribution >= 0.6 is 0 Å². The topological polar surface area (TPSA) is 45.1 Å². The molecule has 116 valence electrons. The summed E-state index contributed by atoms with van der Waals surface area (Å²) in [6, 6.07) is 0.177. The highest BCUT2D eigenvalue weighted by Gasteiger charge is 2.31.